The van der Waals surface area contributed by atoms with Crippen molar-refractivity contribution in [3.8, 4) is 5.75 Å². The predicted octanol–water partition coefficient (Wildman–Crippen LogP) is 7.43. The summed E-state index contributed by atoms with van der Waals surface area (Å²) < 4.78 is 0. The Kier molecular flexibility index (Phi) is 13.5. The van der Waals surface area contributed by atoms with E-state index in [9.17, 15) is 9.90 Å². The molecule has 0 saturated carbocycles. The molecule has 0 spiro atoms. The molecule has 27 heavy (non-hydrogen) atoms. The molecule has 1 aromatic carbocycles. The summed E-state index contributed by atoms with van der Waals surface area (Å²) in [5.41, 5.74) is 1.07. The van der Waals surface area contributed by atoms with Crippen LogP contribution in [0, 0.1) is 0 Å². The highest BCUT2D eigenvalue weighted by Crippen LogP contribution is 2.33. The van der Waals surface area contributed by atoms with E-state index in [1.165, 1.54) is 57.8 Å². The van der Waals surface area contributed by atoms with Gasteiger partial charge in [-0.05, 0) is 36.8 Å². The van der Waals surface area contributed by atoms with Crippen LogP contribution >= 0.6 is 0 Å². The summed E-state index contributed by atoms with van der Waals surface area (Å²) in [7, 11) is 0. The Labute approximate surface area is 166 Å². The molecule has 0 aliphatic heterocycles. The number of rotatable bonds is 17. The Morgan fingerprint density at radius 2 is 1.33 bits per heavy atom. The number of carboxylic acid groups (broad SMARTS) is 1. The highest BCUT2D eigenvalue weighted by atomic mass is 16.4. The normalized spacial score (nSPS) is 12.2. The van der Waals surface area contributed by atoms with Gasteiger partial charge < -0.3 is 10.2 Å². The first-order valence-corrected chi connectivity index (χ1v) is 11.1. The van der Waals surface area contributed by atoms with Crippen molar-refractivity contribution >= 4 is 5.97 Å². The number of para-hydroxylation sites is 1. The van der Waals surface area contributed by atoms with Crippen LogP contribution in [0.4, 0.5) is 0 Å². The maximum Gasteiger partial charge on any atom is 0.303 e. The largest absolute Gasteiger partial charge is 0.508 e. The Balaban J connectivity index is 2.30. The highest BCUT2D eigenvalue weighted by molar-refractivity contribution is 5.66. The molecule has 1 rings (SSSR count). The molecule has 1 aromatic rings. The molecule has 0 heterocycles. The zero-order chi connectivity index (χ0) is 19.7. The monoisotopic (exact) mass is 376 g/mol. The maximum absolute atomic E-state index is 10.6. The van der Waals surface area contributed by atoms with Crippen LogP contribution in [0.3, 0.4) is 0 Å². The van der Waals surface area contributed by atoms with Gasteiger partial charge in [0, 0.05) is 6.42 Å². The van der Waals surface area contributed by atoms with Gasteiger partial charge in [-0.2, -0.15) is 0 Å². The van der Waals surface area contributed by atoms with E-state index < -0.39 is 5.97 Å². The molecule has 0 radical (unpaired) electrons. The predicted molar refractivity (Wildman–Crippen MR) is 113 cm³/mol. The topological polar surface area (TPSA) is 57.5 Å². The second-order valence-electron chi connectivity index (χ2n) is 7.87. The first kappa shape index (κ1) is 23.5. The number of carbonyl (C=O) groups is 1. The van der Waals surface area contributed by atoms with Gasteiger partial charge >= 0.3 is 5.97 Å². The number of hydrogen-bond donors (Lipinski definition) is 2. The minimum Gasteiger partial charge on any atom is -0.508 e. The van der Waals surface area contributed by atoms with Crippen LogP contribution in [0.1, 0.15) is 115 Å². The smallest absolute Gasteiger partial charge is 0.303 e. The van der Waals surface area contributed by atoms with Crippen LogP contribution in [-0.2, 0) is 4.79 Å². The van der Waals surface area contributed by atoms with Crippen LogP contribution in [0.15, 0.2) is 24.3 Å². The van der Waals surface area contributed by atoms with Crippen molar-refractivity contribution in [1.82, 2.24) is 0 Å². The van der Waals surface area contributed by atoms with Crippen molar-refractivity contribution in [2.75, 3.05) is 0 Å². The molecule has 0 amide bonds. The average Bonchev–Trinajstić information content (AvgIpc) is 2.65. The fourth-order valence-corrected chi connectivity index (χ4v) is 3.83. The summed E-state index contributed by atoms with van der Waals surface area (Å²) in [4.78, 5) is 10.6. The lowest BCUT2D eigenvalue weighted by molar-refractivity contribution is -0.137. The molecule has 3 heteroatoms. The van der Waals surface area contributed by atoms with Crippen LogP contribution in [-0.4, -0.2) is 16.2 Å². The Bertz CT molecular complexity index is 498. The van der Waals surface area contributed by atoms with Crippen molar-refractivity contribution in [3.63, 3.8) is 0 Å². The van der Waals surface area contributed by atoms with Crippen molar-refractivity contribution < 1.29 is 15.0 Å². The molecule has 0 bridgehead atoms. The number of aromatic hydroxyl groups is 1. The molecule has 0 aliphatic rings. The van der Waals surface area contributed by atoms with Gasteiger partial charge in [-0.15, -0.1) is 0 Å². The number of benzene rings is 1. The second-order valence-corrected chi connectivity index (χ2v) is 7.87. The summed E-state index contributed by atoms with van der Waals surface area (Å²) in [5.74, 6) is 0.0893. The first-order chi connectivity index (χ1) is 13.1. The molecular weight excluding hydrogens is 336 g/mol. The van der Waals surface area contributed by atoms with E-state index in [-0.39, 0.29) is 6.42 Å². The van der Waals surface area contributed by atoms with E-state index in [1.807, 2.05) is 18.2 Å². The quantitative estimate of drug-likeness (QED) is 0.278. The van der Waals surface area contributed by atoms with Gasteiger partial charge in [0.15, 0.2) is 0 Å². The number of hydrogen-bond acceptors (Lipinski definition) is 2. The average molecular weight is 377 g/mol. The van der Waals surface area contributed by atoms with Gasteiger partial charge in [0.05, 0.1) is 0 Å². The lowest BCUT2D eigenvalue weighted by Gasteiger charge is -2.18. The van der Waals surface area contributed by atoms with Crippen molar-refractivity contribution in [2.24, 2.45) is 0 Å². The summed E-state index contributed by atoms with van der Waals surface area (Å²) in [6.07, 6.45) is 17.1. The number of phenolic OH excluding ortho intramolecular Hbond substituents is 1. The summed E-state index contributed by atoms with van der Waals surface area (Å²) in [6.45, 7) is 2.26. The van der Waals surface area contributed by atoms with Gasteiger partial charge in [-0.25, -0.2) is 0 Å². The molecule has 154 valence electrons. The molecule has 3 nitrogen and oxygen atoms in total. The van der Waals surface area contributed by atoms with E-state index in [2.05, 4.69) is 6.92 Å². The first-order valence-electron chi connectivity index (χ1n) is 11.1. The third kappa shape index (κ3) is 11.7. The lowest BCUT2D eigenvalue weighted by atomic mass is 9.87. The molecule has 0 fully saturated rings. The fourth-order valence-electron chi connectivity index (χ4n) is 3.83. The van der Waals surface area contributed by atoms with Gasteiger partial charge in [-0.3, -0.25) is 4.79 Å². The zero-order valence-electron chi connectivity index (χ0n) is 17.3. The van der Waals surface area contributed by atoms with Crippen molar-refractivity contribution in [3.05, 3.63) is 29.8 Å². The SMILES string of the molecule is CCCCCCCCCCCC(CCCCCC(=O)O)c1ccccc1O. The van der Waals surface area contributed by atoms with E-state index in [1.54, 1.807) is 6.07 Å². The van der Waals surface area contributed by atoms with Crippen LogP contribution in [0.2, 0.25) is 0 Å². The summed E-state index contributed by atoms with van der Waals surface area (Å²) in [5, 5.41) is 19.0. The van der Waals surface area contributed by atoms with Gasteiger partial charge in [0.1, 0.15) is 5.75 Å². The number of unbranched alkanes of at least 4 members (excludes halogenated alkanes) is 10. The van der Waals surface area contributed by atoms with Crippen LogP contribution < -0.4 is 0 Å². The highest BCUT2D eigenvalue weighted by Gasteiger charge is 2.14. The Hall–Kier alpha value is -1.51. The number of phenols is 1. The molecule has 1 atom stereocenters. The summed E-state index contributed by atoms with van der Waals surface area (Å²) in [6, 6.07) is 7.71. The van der Waals surface area contributed by atoms with Crippen LogP contribution in [0.25, 0.3) is 0 Å². The third-order valence-corrected chi connectivity index (χ3v) is 5.48. The fraction of sp³-hybridized carbons (Fsp3) is 0.708. The Morgan fingerprint density at radius 3 is 1.89 bits per heavy atom. The lowest BCUT2D eigenvalue weighted by Crippen LogP contribution is -2.01. The minimum absolute atomic E-state index is 0.263. The van der Waals surface area contributed by atoms with Gasteiger partial charge in [0.25, 0.3) is 0 Å². The zero-order valence-corrected chi connectivity index (χ0v) is 17.3. The second kappa shape index (κ2) is 15.5. The minimum atomic E-state index is -0.707. The third-order valence-electron chi connectivity index (χ3n) is 5.48. The Morgan fingerprint density at radius 1 is 0.815 bits per heavy atom. The van der Waals surface area contributed by atoms with Gasteiger partial charge in [0.2, 0.25) is 0 Å². The number of carboxylic acids is 1. The molecule has 0 aromatic heterocycles. The van der Waals surface area contributed by atoms with Crippen molar-refractivity contribution in [1.29, 1.82) is 0 Å². The molecule has 0 saturated heterocycles. The molecular formula is C24H40O3. The molecule has 0 aliphatic carbocycles. The van der Waals surface area contributed by atoms with E-state index in [0.29, 0.717) is 11.7 Å². The van der Waals surface area contributed by atoms with E-state index in [4.69, 9.17) is 5.11 Å². The van der Waals surface area contributed by atoms with Gasteiger partial charge in [-0.1, -0.05) is 95.8 Å². The molecule has 1 unspecified atom stereocenters. The molecule has 2 N–H and O–H groups in total. The van der Waals surface area contributed by atoms with Crippen molar-refractivity contribution in [2.45, 2.75) is 109 Å². The van der Waals surface area contributed by atoms with Crippen LogP contribution in [0.5, 0.6) is 5.75 Å². The van der Waals surface area contributed by atoms with E-state index in [0.717, 1.165) is 37.7 Å². The van der Waals surface area contributed by atoms with E-state index >= 15 is 0 Å². The summed E-state index contributed by atoms with van der Waals surface area (Å²) >= 11 is 0. The maximum atomic E-state index is 10.6. The standard InChI is InChI=1S/C24H40O3/c1-2-3-4-5-6-7-8-9-11-16-21(17-12-10-13-20-24(26)27)22-18-14-15-19-23(22)25/h14-15,18-19,21,25H,2-13,16-17,20H2,1H3,(H,26,27). The number of aliphatic carboxylic acids is 1.